The molecule has 0 atom stereocenters. The van der Waals surface area contributed by atoms with E-state index in [2.05, 4.69) is 20.6 Å². The van der Waals surface area contributed by atoms with Gasteiger partial charge < -0.3 is 14.7 Å². The van der Waals surface area contributed by atoms with Gasteiger partial charge in [0.05, 0.1) is 6.61 Å². The van der Waals surface area contributed by atoms with E-state index in [0.29, 0.717) is 47.6 Å². The summed E-state index contributed by atoms with van der Waals surface area (Å²) in [7, 11) is 0. The average molecular weight is 426 g/mol. The number of rotatable bonds is 6. The second-order valence-electron chi connectivity index (χ2n) is 6.28. The zero-order valence-corrected chi connectivity index (χ0v) is 16.5. The molecule has 1 aliphatic heterocycles. The number of halogens is 1. The topological polar surface area (TPSA) is 117 Å². The van der Waals surface area contributed by atoms with Crippen LogP contribution < -0.4 is 15.4 Å². The van der Waals surface area contributed by atoms with Gasteiger partial charge in [-0.15, -0.1) is 11.3 Å². The van der Waals surface area contributed by atoms with Crippen LogP contribution in [-0.4, -0.2) is 51.8 Å². The van der Waals surface area contributed by atoms with Crippen LogP contribution in [0.25, 0.3) is 0 Å². The third-order valence-corrected chi connectivity index (χ3v) is 5.32. The predicted molar refractivity (Wildman–Crippen MR) is 106 cm³/mol. The van der Waals surface area contributed by atoms with E-state index in [1.165, 1.54) is 16.2 Å². The van der Waals surface area contributed by atoms with Crippen LogP contribution in [0, 0.1) is 5.92 Å². The number of urea groups is 1. The Labute approximate surface area is 170 Å². The van der Waals surface area contributed by atoms with Crippen LogP contribution in [0.2, 0.25) is 4.47 Å². The number of piperidine rings is 1. The number of carboxylic acid groups (broad SMARTS) is 1. The second-order valence-corrected chi connectivity index (χ2v) is 7.72. The van der Waals surface area contributed by atoms with Gasteiger partial charge in [0.2, 0.25) is 5.88 Å². The number of aromatic nitrogens is 2. The largest absolute Gasteiger partial charge is 0.478 e. The van der Waals surface area contributed by atoms with E-state index in [1.807, 2.05) is 0 Å². The van der Waals surface area contributed by atoms with E-state index in [4.69, 9.17) is 21.4 Å². The number of hydrogen-bond acceptors (Lipinski definition) is 6. The quantitative estimate of drug-likeness (QED) is 0.644. The van der Waals surface area contributed by atoms with Crippen LogP contribution >= 0.6 is 22.9 Å². The number of carbonyl (C=O) groups excluding carboxylic acids is 1. The summed E-state index contributed by atoms with van der Waals surface area (Å²) < 4.78 is 6.03. The highest BCUT2D eigenvalue weighted by Gasteiger charge is 2.22. The molecule has 3 amide bonds. The van der Waals surface area contributed by atoms with E-state index in [-0.39, 0.29) is 0 Å². The van der Waals surface area contributed by atoms with Gasteiger partial charge in [-0.25, -0.2) is 14.6 Å². The lowest BCUT2D eigenvalue weighted by Gasteiger charge is -2.29. The van der Waals surface area contributed by atoms with Crippen molar-refractivity contribution >= 4 is 46.7 Å². The first-order valence-electron chi connectivity index (χ1n) is 8.76. The molecule has 11 heteroatoms. The number of anilines is 2. The Hall–Kier alpha value is -2.59. The Morgan fingerprint density at radius 2 is 2.00 bits per heavy atom. The minimum atomic E-state index is -0.856. The number of carbonyl (C=O) groups is 2. The third kappa shape index (κ3) is 5.96. The fourth-order valence-electron chi connectivity index (χ4n) is 2.88. The maximum atomic E-state index is 12.0. The van der Waals surface area contributed by atoms with Gasteiger partial charge in [-0.2, -0.15) is 4.98 Å². The van der Waals surface area contributed by atoms with Crippen LogP contribution in [0.3, 0.4) is 0 Å². The second kappa shape index (κ2) is 9.56. The molecular formula is C17H20ClN5O4S. The van der Waals surface area contributed by atoms with Crippen molar-refractivity contribution < 1.29 is 19.4 Å². The number of nitrogens with one attached hydrogen (secondary N) is 2. The van der Waals surface area contributed by atoms with Gasteiger partial charge in [-0.05, 0) is 31.2 Å². The molecule has 0 bridgehead atoms. The third-order valence-electron chi connectivity index (χ3n) is 4.34. The van der Waals surface area contributed by atoms with Gasteiger partial charge in [0.1, 0.15) is 11.6 Å². The number of pyridine rings is 1. The Kier molecular flexibility index (Phi) is 6.88. The minimum absolute atomic E-state index is 0.345. The molecule has 1 aliphatic rings. The van der Waals surface area contributed by atoms with Crippen LogP contribution in [0.4, 0.5) is 21.2 Å². The van der Waals surface area contributed by atoms with E-state index in [0.717, 1.165) is 19.3 Å². The fourth-order valence-corrected chi connectivity index (χ4v) is 3.58. The van der Waals surface area contributed by atoms with Crippen molar-refractivity contribution in [2.75, 3.05) is 30.3 Å². The molecule has 2 aromatic rings. The fraction of sp³-hybridized carbons (Fsp3) is 0.412. The number of amides is 3. The monoisotopic (exact) mass is 425 g/mol. The lowest BCUT2D eigenvalue weighted by atomic mass is 9.94. The molecule has 9 nitrogen and oxygen atoms in total. The summed E-state index contributed by atoms with van der Waals surface area (Å²) in [5, 5.41) is 15.8. The Morgan fingerprint density at radius 1 is 1.25 bits per heavy atom. The SMILES string of the molecule is O=C(Nc1cccc(OCCC2CCN(C(=O)O)CC2)n1)Nc1csc(Cl)n1. The molecule has 0 saturated carbocycles. The van der Waals surface area contributed by atoms with Gasteiger partial charge in [0.25, 0.3) is 0 Å². The van der Waals surface area contributed by atoms with Crippen molar-refractivity contribution in [2.45, 2.75) is 19.3 Å². The van der Waals surface area contributed by atoms with E-state index in [1.54, 1.807) is 23.6 Å². The molecule has 0 radical (unpaired) electrons. The summed E-state index contributed by atoms with van der Waals surface area (Å²) in [6.07, 6.45) is 1.65. The molecule has 1 fully saturated rings. The van der Waals surface area contributed by atoms with Crippen LogP contribution in [0.15, 0.2) is 23.6 Å². The number of ether oxygens (including phenoxy) is 1. The molecule has 0 unspecified atom stereocenters. The van der Waals surface area contributed by atoms with Gasteiger partial charge in [0.15, 0.2) is 4.47 Å². The van der Waals surface area contributed by atoms with E-state index >= 15 is 0 Å². The van der Waals surface area contributed by atoms with Crippen LogP contribution in [0.1, 0.15) is 19.3 Å². The molecule has 0 aromatic carbocycles. The molecule has 150 valence electrons. The first-order chi connectivity index (χ1) is 13.5. The van der Waals surface area contributed by atoms with Crippen molar-refractivity contribution in [3.63, 3.8) is 0 Å². The standard InChI is InChI=1S/C17H20ClN5O4S/c18-15-20-13(10-28-15)22-16(24)21-12-2-1-3-14(19-12)27-9-6-11-4-7-23(8-5-11)17(25)26/h1-3,10-11H,4-9H2,(H,25,26)(H2,19,21,22,24). The molecular weight excluding hydrogens is 406 g/mol. The number of likely N-dealkylation sites (tertiary alicyclic amines) is 1. The highest BCUT2D eigenvalue weighted by atomic mass is 35.5. The van der Waals surface area contributed by atoms with Crippen molar-refractivity contribution in [3.05, 3.63) is 28.0 Å². The Morgan fingerprint density at radius 3 is 2.68 bits per heavy atom. The minimum Gasteiger partial charge on any atom is -0.478 e. The molecule has 3 heterocycles. The van der Waals surface area contributed by atoms with Gasteiger partial charge in [-0.1, -0.05) is 17.7 Å². The molecule has 2 aromatic heterocycles. The molecule has 0 spiro atoms. The van der Waals surface area contributed by atoms with Crippen molar-refractivity contribution in [3.8, 4) is 5.88 Å². The summed E-state index contributed by atoms with van der Waals surface area (Å²) >= 11 is 6.95. The van der Waals surface area contributed by atoms with Gasteiger partial charge >= 0.3 is 12.1 Å². The smallest absolute Gasteiger partial charge is 0.407 e. The van der Waals surface area contributed by atoms with Crippen LogP contribution in [0.5, 0.6) is 5.88 Å². The number of nitrogens with zero attached hydrogens (tertiary/aromatic N) is 3. The summed E-state index contributed by atoms with van der Waals surface area (Å²) in [4.78, 5) is 32.5. The molecule has 3 N–H and O–H groups in total. The zero-order chi connectivity index (χ0) is 19.9. The van der Waals surface area contributed by atoms with Crippen molar-refractivity contribution in [1.82, 2.24) is 14.9 Å². The summed E-state index contributed by atoms with van der Waals surface area (Å²) in [6, 6.07) is 4.64. The van der Waals surface area contributed by atoms with Crippen LogP contribution in [-0.2, 0) is 0 Å². The average Bonchev–Trinajstić information content (AvgIpc) is 3.07. The first-order valence-corrected chi connectivity index (χ1v) is 10.0. The van der Waals surface area contributed by atoms with Gasteiger partial charge in [0, 0.05) is 24.5 Å². The lowest BCUT2D eigenvalue weighted by Crippen LogP contribution is -2.37. The summed E-state index contributed by atoms with van der Waals surface area (Å²) in [6.45, 7) is 1.62. The van der Waals surface area contributed by atoms with E-state index < -0.39 is 12.1 Å². The normalized spacial score (nSPS) is 14.5. The van der Waals surface area contributed by atoms with E-state index in [9.17, 15) is 9.59 Å². The maximum absolute atomic E-state index is 12.0. The van der Waals surface area contributed by atoms with Crippen molar-refractivity contribution in [2.24, 2.45) is 5.92 Å². The molecule has 28 heavy (non-hydrogen) atoms. The number of hydrogen-bond donors (Lipinski definition) is 3. The molecule has 0 aliphatic carbocycles. The molecule has 3 rings (SSSR count). The Bertz CT molecular complexity index is 825. The van der Waals surface area contributed by atoms with Crippen molar-refractivity contribution in [1.29, 1.82) is 0 Å². The Balaban J connectivity index is 1.42. The zero-order valence-electron chi connectivity index (χ0n) is 14.9. The predicted octanol–water partition coefficient (Wildman–Crippen LogP) is 3.99. The highest BCUT2D eigenvalue weighted by molar-refractivity contribution is 7.14. The van der Waals surface area contributed by atoms with Gasteiger partial charge in [-0.3, -0.25) is 10.6 Å². The molecule has 1 saturated heterocycles. The summed E-state index contributed by atoms with van der Waals surface area (Å²) in [5.41, 5.74) is 0. The number of thiazole rings is 1. The lowest BCUT2D eigenvalue weighted by molar-refractivity contribution is 0.119. The highest BCUT2D eigenvalue weighted by Crippen LogP contribution is 2.22. The maximum Gasteiger partial charge on any atom is 0.407 e. The summed E-state index contributed by atoms with van der Waals surface area (Å²) in [5.74, 6) is 1.57. The first kappa shape index (κ1) is 20.2.